The van der Waals surface area contributed by atoms with Gasteiger partial charge in [-0.1, -0.05) is 4.32 Å². The molecule has 0 rings (SSSR count). The SMILES string of the molecule is CCN(CC)C(=S)[S-].[Fe+2].[N-]=O. The molecule has 0 radical (unpaired) electrons. The van der Waals surface area contributed by atoms with Gasteiger partial charge in [-0.15, -0.1) is 0 Å². The van der Waals surface area contributed by atoms with Crippen molar-refractivity contribution in [2.75, 3.05) is 13.1 Å². The van der Waals surface area contributed by atoms with Crippen LogP contribution in [0.25, 0.3) is 5.59 Å². The van der Waals surface area contributed by atoms with Crippen molar-refractivity contribution in [3.05, 3.63) is 10.5 Å². The van der Waals surface area contributed by atoms with Gasteiger partial charge in [-0.05, 0) is 13.8 Å². The Morgan fingerprint density at radius 3 is 1.73 bits per heavy atom. The van der Waals surface area contributed by atoms with Crippen molar-refractivity contribution in [2.24, 2.45) is 0 Å². The summed E-state index contributed by atoms with van der Waals surface area (Å²) in [6, 6.07) is 0. The molecule has 6 heteroatoms. The Kier molecular flexibility index (Phi) is 20.3. The second-order valence-corrected chi connectivity index (χ2v) is 2.47. The average molecular weight is 234 g/mol. The van der Waals surface area contributed by atoms with Crippen LogP contribution in [0.4, 0.5) is 0 Å². The molecule has 0 N–H and O–H groups in total. The van der Waals surface area contributed by atoms with Crippen molar-refractivity contribution in [3.63, 3.8) is 0 Å². The maximum Gasteiger partial charge on any atom is 2.00 e. The Morgan fingerprint density at radius 2 is 1.73 bits per heavy atom. The summed E-state index contributed by atoms with van der Waals surface area (Å²) in [4.78, 5) is 9.21. The second-order valence-electron chi connectivity index (χ2n) is 1.44. The van der Waals surface area contributed by atoms with Crippen molar-refractivity contribution < 1.29 is 17.1 Å². The molecule has 0 saturated carbocycles. The molecule has 0 amide bonds. The maximum atomic E-state index is 7.25. The summed E-state index contributed by atoms with van der Waals surface area (Å²) in [5.41, 5.74) is 5.75. The number of rotatable bonds is 2. The largest absolute Gasteiger partial charge is 2.00 e. The maximum absolute atomic E-state index is 7.25. The molecular formula is C5H10FeN2OS2. The summed E-state index contributed by atoms with van der Waals surface area (Å²) in [5, 5.41) is 0. The summed E-state index contributed by atoms with van der Waals surface area (Å²) in [5.74, 6) is 0. The quantitative estimate of drug-likeness (QED) is 0.412. The first kappa shape index (κ1) is 17.4. The van der Waals surface area contributed by atoms with Crippen LogP contribution in [0.1, 0.15) is 13.8 Å². The van der Waals surface area contributed by atoms with Gasteiger partial charge in [0.15, 0.2) is 0 Å². The first-order valence-electron chi connectivity index (χ1n) is 2.86. The molecular weight excluding hydrogens is 224 g/mol. The third-order valence-corrected chi connectivity index (χ3v) is 1.54. The number of hydrogen-bond acceptors (Lipinski definition) is 3. The number of nitroso groups, excluding NO2 is 1. The fourth-order valence-corrected chi connectivity index (χ4v) is 0.998. The van der Waals surface area contributed by atoms with Gasteiger partial charge in [0, 0.05) is 13.1 Å². The summed E-state index contributed by atoms with van der Waals surface area (Å²) in [7, 11) is 0. The van der Waals surface area contributed by atoms with Crippen LogP contribution in [0, 0.1) is 4.91 Å². The van der Waals surface area contributed by atoms with Gasteiger partial charge in [0.05, 0.1) is 0 Å². The van der Waals surface area contributed by atoms with Crippen LogP contribution >= 0.6 is 12.2 Å². The fourth-order valence-electron chi connectivity index (χ4n) is 0.482. The van der Waals surface area contributed by atoms with Gasteiger partial charge in [-0.2, -0.15) is 0 Å². The molecule has 0 bridgehead atoms. The Balaban J connectivity index is -0.000000196. The Bertz CT molecular complexity index is 100. The number of hydrogen-bond donors (Lipinski definition) is 0. The molecule has 0 fully saturated rings. The molecule has 66 valence electrons. The van der Waals surface area contributed by atoms with Crippen molar-refractivity contribution in [3.8, 4) is 0 Å². The van der Waals surface area contributed by atoms with Gasteiger partial charge < -0.3 is 40.2 Å². The minimum absolute atomic E-state index is 0. The Labute approximate surface area is 88.6 Å². The monoisotopic (exact) mass is 234 g/mol. The molecule has 0 saturated heterocycles. The van der Waals surface area contributed by atoms with Crippen LogP contribution < -0.4 is 0 Å². The first-order valence-corrected chi connectivity index (χ1v) is 3.68. The third kappa shape index (κ3) is 10.2. The first-order chi connectivity index (χ1) is 4.72. The molecule has 0 aliphatic carbocycles. The predicted octanol–water partition coefficient (Wildman–Crippen LogP) is 1.48. The van der Waals surface area contributed by atoms with Crippen LogP contribution in [0.3, 0.4) is 0 Å². The number of nitrogens with zero attached hydrogens (tertiary/aromatic N) is 2. The normalized spacial score (nSPS) is 6.73. The van der Waals surface area contributed by atoms with Crippen LogP contribution in [0.15, 0.2) is 0 Å². The van der Waals surface area contributed by atoms with Crippen LogP contribution in [0.2, 0.25) is 0 Å². The van der Waals surface area contributed by atoms with Gasteiger partial charge in [-0.25, -0.2) is 0 Å². The van der Waals surface area contributed by atoms with Crippen molar-refractivity contribution in [1.82, 2.24) is 4.90 Å². The molecule has 0 aromatic heterocycles. The van der Waals surface area contributed by atoms with Crippen LogP contribution in [-0.2, 0) is 29.7 Å². The van der Waals surface area contributed by atoms with Crippen molar-refractivity contribution in [2.45, 2.75) is 13.8 Å². The fraction of sp³-hybridized carbons (Fsp3) is 0.800. The second kappa shape index (κ2) is 12.9. The summed E-state index contributed by atoms with van der Waals surface area (Å²) in [6.07, 6.45) is 0. The third-order valence-electron chi connectivity index (χ3n) is 1.02. The molecule has 0 spiro atoms. The minimum atomic E-state index is 0. The predicted molar refractivity (Wildman–Crippen MR) is 49.6 cm³/mol. The molecule has 3 nitrogen and oxygen atoms in total. The molecule has 0 aliphatic rings. The van der Waals surface area contributed by atoms with Gasteiger partial charge in [0.1, 0.15) is 0 Å². The summed E-state index contributed by atoms with van der Waals surface area (Å²) in [6.45, 7) is 5.95. The van der Waals surface area contributed by atoms with Gasteiger partial charge in [-0.3, -0.25) is 0 Å². The molecule has 0 heterocycles. The minimum Gasteiger partial charge on any atom is -0.577 e. The van der Waals surface area contributed by atoms with E-state index in [0.29, 0.717) is 4.32 Å². The topological polar surface area (TPSA) is 42.6 Å². The Hall–Kier alpha value is 0.229. The summed E-state index contributed by atoms with van der Waals surface area (Å²) < 4.78 is 0.579. The smallest absolute Gasteiger partial charge is 0.577 e. The standard InChI is InChI=1S/C5H11NS2.Fe.NO/c1-3-6(4-2)5(7)8;;1-2/h3-4H2,1-2H3,(H,7,8);;/q;+2;-1/p-1. The van der Waals surface area contributed by atoms with E-state index in [1.165, 1.54) is 0 Å². The molecule has 0 aromatic rings. The molecule has 0 aliphatic heterocycles. The van der Waals surface area contributed by atoms with Gasteiger partial charge >= 0.3 is 17.1 Å². The zero-order chi connectivity index (χ0) is 8.57. The van der Waals surface area contributed by atoms with E-state index in [1.54, 1.807) is 0 Å². The van der Waals surface area contributed by atoms with E-state index in [4.69, 9.17) is 35.3 Å². The molecule has 11 heavy (non-hydrogen) atoms. The van der Waals surface area contributed by atoms with Crippen molar-refractivity contribution >= 4 is 29.2 Å². The molecule has 0 aromatic carbocycles. The zero-order valence-electron chi connectivity index (χ0n) is 6.39. The van der Waals surface area contributed by atoms with E-state index < -0.39 is 0 Å². The van der Waals surface area contributed by atoms with E-state index >= 15 is 0 Å². The summed E-state index contributed by atoms with van der Waals surface area (Å²) >= 11 is 9.51. The Morgan fingerprint density at radius 1 is 1.45 bits per heavy atom. The number of thiocarbonyl (C=S) groups is 1. The van der Waals surface area contributed by atoms with Gasteiger partial charge in [0.25, 0.3) is 0 Å². The van der Waals surface area contributed by atoms with E-state index in [-0.39, 0.29) is 17.1 Å². The van der Waals surface area contributed by atoms with E-state index in [9.17, 15) is 0 Å². The zero-order valence-corrected chi connectivity index (χ0v) is 9.12. The molecule has 0 unspecified atom stereocenters. The van der Waals surface area contributed by atoms with E-state index in [0.717, 1.165) is 13.1 Å². The molecule has 0 atom stereocenters. The van der Waals surface area contributed by atoms with E-state index in [2.05, 4.69) is 0 Å². The van der Waals surface area contributed by atoms with Crippen LogP contribution in [0.5, 0.6) is 0 Å². The van der Waals surface area contributed by atoms with Crippen LogP contribution in [-0.4, -0.2) is 22.3 Å². The van der Waals surface area contributed by atoms with Crippen molar-refractivity contribution in [1.29, 1.82) is 0 Å². The van der Waals surface area contributed by atoms with Gasteiger partial charge in [0.2, 0.25) is 0 Å². The average Bonchev–Trinajstić information content (AvgIpc) is 1.94. The van der Waals surface area contributed by atoms with E-state index in [1.807, 2.05) is 18.7 Å².